The summed E-state index contributed by atoms with van der Waals surface area (Å²) < 4.78 is 38.5. The number of hydrogen-bond acceptors (Lipinski definition) is 6. The number of hydrogen-bond donors (Lipinski definition) is 4. The smallest absolute Gasteiger partial charge is 0.433 e. The third-order valence-corrected chi connectivity index (χ3v) is 4.03. The maximum absolute atomic E-state index is 12.8. The van der Waals surface area contributed by atoms with Crippen LogP contribution in [0.3, 0.4) is 0 Å². The number of carbonyl (C=O) groups is 2. The van der Waals surface area contributed by atoms with Gasteiger partial charge in [0.1, 0.15) is 17.0 Å². The molecule has 0 spiro atoms. The van der Waals surface area contributed by atoms with Gasteiger partial charge in [-0.2, -0.15) is 13.2 Å². The van der Waals surface area contributed by atoms with Crippen molar-refractivity contribution in [2.45, 2.75) is 38.5 Å². The van der Waals surface area contributed by atoms with Gasteiger partial charge in [-0.05, 0) is 51.0 Å². The fourth-order valence-electron chi connectivity index (χ4n) is 2.44. The second kappa shape index (κ2) is 9.13. The number of aromatic nitrogens is 2. The molecule has 1 amide bonds. The van der Waals surface area contributed by atoms with Crippen LogP contribution < -0.4 is 11.1 Å². The van der Waals surface area contributed by atoms with Crippen LogP contribution in [0.1, 0.15) is 58.9 Å². The maximum Gasteiger partial charge on any atom is 0.433 e. The molecule has 2 aromatic heterocycles. The molecule has 0 aliphatic carbocycles. The number of alkyl halides is 3. The molecule has 0 radical (unpaired) electrons. The molecule has 0 aliphatic heterocycles. The number of anilines is 1. The first-order valence-corrected chi connectivity index (χ1v) is 9.03. The molecule has 166 valence electrons. The average Bonchev–Trinajstić information content (AvgIpc) is 2.65. The standard InChI is InChI=1S/C20H21F3N4O4/c1-19(2,31)7-6-11(24)8-12-9-15(13(10-25-12)18(29)30)27-17(28)14-4-3-5-16(26-14)20(21,22)23/h3-5,8-10,31H,6-7,24H2,1-2H3,(H,29,30)(H,25,27,28). The quantitative estimate of drug-likeness (QED) is 0.520. The minimum absolute atomic E-state index is 0.187. The molecule has 31 heavy (non-hydrogen) atoms. The summed E-state index contributed by atoms with van der Waals surface area (Å²) in [4.78, 5) is 31.1. The summed E-state index contributed by atoms with van der Waals surface area (Å²) in [6, 6.07) is 4.03. The zero-order valence-electron chi connectivity index (χ0n) is 16.7. The van der Waals surface area contributed by atoms with Crippen molar-refractivity contribution in [3.8, 4) is 0 Å². The van der Waals surface area contributed by atoms with Crippen LogP contribution >= 0.6 is 0 Å². The fraction of sp³-hybridized carbons (Fsp3) is 0.300. The van der Waals surface area contributed by atoms with Gasteiger partial charge in [0, 0.05) is 11.9 Å². The number of aliphatic hydroxyl groups is 1. The van der Waals surface area contributed by atoms with E-state index in [1.54, 1.807) is 13.8 Å². The fourth-order valence-corrected chi connectivity index (χ4v) is 2.44. The Kier molecular flexibility index (Phi) is 7.01. The molecule has 0 atom stereocenters. The molecule has 0 fully saturated rings. The van der Waals surface area contributed by atoms with E-state index in [4.69, 9.17) is 5.73 Å². The zero-order chi connectivity index (χ0) is 23.4. The van der Waals surface area contributed by atoms with Crippen LogP contribution in [0.5, 0.6) is 0 Å². The molecular formula is C20H21F3N4O4. The Morgan fingerprint density at radius 3 is 2.52 bits per heavy atom. The number of carboxylic acids is 1. The van der Waals surface area contributed by atoms with E-state index >= 15 is 0 Å². The highest BCUT2D eigenvalue weighted by Crippen LogP contribution is 2.27. The van der Waals surface area contributed by atoms with Crippen LogP contribution in [0.25, 0.3) is 6.08 Å². The highest BCUT2D eigenvalue weighted by molar-refractivity contribution is 6.06. The first-order valence-electron chi connectivity index (χ1n) is 9.03. The first-order chi connectivity index (χ1) is 14.3. The molecule has 0 bridgehead atoms. The predicted molar refractivity (Wildman–Crippen MR) is 106 cm³/mol. The summed E-state index contributed by atoms with van der Waals surface area (Å²) in [7, 11) is 0. The zero-order valence-corrected chi connectivity index (χ0v) is 16.7. The lowest BCUT2D eigenvalue weighted by atomic mass is 10.0. The largest absolute Gasteiger partial charge is 0.478 e. The number of rotatable bonds is 7. The average molecular weight is 438 g/mol. The van der Waals surface area contributed by atoms with E-state index in [9.17, 15) is 33.0 Å². The Bertz CT molecular complexity index is 1010. The van der Waals surface area contributed by atoms with Gasteiger partial charge in [-0.1, -0.05) is 6.07 Å². The van der Waals surface area contributed by atoms with Crippen LogP contribution in [0.4, 0.5) is 18.9 Å². The summed E-state index contributed by atoms with van der Waals surface area (Å²) in [6.07, 6.45) is -1.60. The molecule has 0 aliphatic rings. The summed E-state index contributed by atoms with van der Waals surface area (Å²) in [6.45, 7) is 3.24. The van der Waals surface area contributed by atoms with Gasteiger partial charge >= 0.3 is 12.1 Å². The topological polar surface area (TPSA) is 138 Å². The predicted octanol–water partition coefficient (Wildman–Crippen LogP) is 3.30. The number of pyridine rings is 2. The second-order valence-corrected chi connectivity index (χ2v) is 7.35. The molecule has 0 saturated heterocycles. The lowest BCUT2D eigenvalue weighted by molar-refractivity contribution is -0.141. The molecule has 2 heterocycles. The minimum atomic E-state index is -4.74. The van der Waals surface area contributed by atoms with Crippen molar-refractivity contribution in [1.29, 1.82) is 0 Å². The van der Waals surface area contributed by atoms with Crippen molar-refractivity contribution in [3.05, 3.63) is 58.8 Å². The molecule has 8 nitrogen and oxygen atoms in total. The number of carboxylic acid groups (broad SMARTS) is 1. The molecule has 11 heteroatoms. The Hall–Kier alpha value is -3.47. The van der Waals surface area contributed by atoms with Gasteiger partial charge in [0.25, 0.3) is 5.91 Å². The van der Waals surface area contributed by atoms with Gasteiger partial charge in [0.05, 0.1) is 17.0 Å². The number of carbonyl (C=O) groups excluding carboxylic acids is 1. The van der Waals surface area contributed by atoms with E-state index in [1.807, 2.05) is 0 Å². The molecular weight excluding hydrogens is 417 g/mol. The van der Waals surface area contributed by atoms with Crippen molar-refractivity contribution in [2.75, 3.05) is 5.32 Å². The van der Waals surface area contributed by atoms with E-state index in [-0.39, 0.29) is 16.9 Å². The van der Waals surface area contributed by atoms with E-state index < -0.39 is 35.0 Å². The number of aromatic carboxylic acids is 1. The van der Waals surface area contributed by atoms with E-state index in [2.05, 4.69) is 15.3 Å². The van der Waals surface area contributed by atoms with Crippen LogP contribution in [0.15, 0.2) is 36.2 Å². The lowest BCUT2D eigenvalue weighted by Crippen LogP contribution is -2.19. The number of nitrogens with one attached hydrogen (secondary N) is 1. The summed E-state index contributed by atoms with van der Waals surface area (Å²) in [5, 5.41) is 21.3. The third kappa shape index (κ3) is 7.07. The first kappa shape index (κ1) is 23.8. The van der Waals surface area contributed by atoms with Gasteiger partial charge in [0.15, 0.2) is 0 Å². The molecule has 0 aromatic carbocycles. The van der Waals surface area contributed by atoms with Crippen LogP contribution in [-0.4, -0.2) is 37.7 Å². The van der Waals surface area contributed by atoms with Crippen molar-refractivity contribution < 1.29 is 33.0 Å². The van der Waals surface area contributed by atoms with Gasteiger partial charge in [-0.15, -0.1) is 0 Å². The Morgan fingerprint density at radius 2 is 1.94 bits per heavy atom. The normalized spacial score (nSPS) is 12.5. The summed E-state index contributed by atoms with van der Waals surface area (Å²) in [5.74, 6) is -2.42. The van der Waals surface area contributed by atoms with Gasteiger partial charge in [0.2, 0.25) is 0 Å². The van der Waals surface area contributed by atoms with Crippen molar-refractivity contribution in [1.82, 2.24) is 9.97 Å². The molecule has 0 unspecified atom stereocenters. The van der Waals surface area contributed by atoms with Gasteiger partial charge < -0.3 is 21.3 Å². The Morgan fingerprint density at radius 1 is 1.26 bits per heavy atom. The minimum Gasteiger partial charge on any atom is -0.478 e. The number of halogens is 3. The second-order valence-electron chi connectivity index (χ2n) is 7.35. The maximum atomic E-state index is 12.8. The van der Waals surface area contributed by atoms with Crippen molar-refractivity contribution >= 4 is 23.6 Å². The van der Waals surface area contributed by atoms with Crippen LogP contribution in [0.2, 0.25) is 0 Å². The Balaban J connectivity index is 2.31. The molecule has 2 rings (SSSR count). The van der Waals surface area contributed by atoms with E-state index in [0.717, 1.165) is 18.3 Å². The number of nitrogens with two attached hydrogens (primary N) is 1. The lowest BCUT2D eigenvalue weighted by Gasteiger charge is -2.16. The number of nitrogens with zero attached hydrogens (tertiary/aromatic N) is 2. The van der Waals surface area contributed by atoms with Crippen LogP contribution in [-0.2, 0) is 6.18 Å². The van der Waals surface area contributed by atoms with Crippen LogP contribution in [0, 0.1) is 0 Å². The van der Waals surface area contributed by atoms with Gasteiger partial charge in [-0.25, -0.2) is 9.78 Å². The molecule has 5 N–H and O–H groups in total. The summed E-state index contributed by atoms with van der Waals surface area (Å²) in [5.41, 5.74) is 3.19. The van der Waals surface area contributed by atoms with Crippen molar-refractivity contribution in [3.63, 3.8) is 0 Å². The Labute approximate surface area is 175 Å². The number of amides is 1. The highest BCUT2D eigenvalue weighted by atomic mass is 19.4. The third-order valence-electron chi connectivity index (χ3n) is 4.03. The van der Waals surface area contributed by atoms with Crippen molar-refractivity contribution in [2.24, 2.45) is 5.73 Å². The van der Waals surface area contributed by atoms with E-state index in [0.29, 0.717) is 24.6 Å². The SMILES string of the molecule is CC(C)(O)CCC(N)=Cc1cc(NC(=O)c2cccc(C(F)(F)F)n2)c(C(=O)O)cn1. The monoisotopic (exact) mass is 438 g/mol. The molecule has 2 aromatic rings. The van der Waals surface area contributed by atoms with E-state index in [1.165, 1.54) is 12.1 Å². The molecule has 0 saturated carbocycles. The number of allylic oxidation sites excluding steroid dienone is 1. The summed E-state index contributed by atoms with van der Waals surface area (Å²) >= 11 is 0. The highest BCUT2D eigenvalue weighted by Gasteiger charge is 2.33. The van der Waals surface area contributed by atoms with Gasteiger partial charge in [-0.3, -0.25) is 9.78 Å².